The average Bonchev–Trinajstić information content (AvgIpc) is 2.96. The molecule has 6 heteroatoms. The van der Waals surface area contributed by atoms with Gasteiger partial charge < -0.3 is 10.6 Å². The van der Waals surface area contributed by atoms with Crippen LogP contribution in [0.1, 0.15) is 20.9 Å². The highest BCUT2D eigenvalue weighted by atomic mass is 32.1. The maximum absolute atomic E-state index is 12.9. The molecule has 4 nitrogen and oxygen atoms in total. The number of rotatable bonds is 5. The van der Waals surface area contributed by atoms with E-state index in [1.54, 1.807) is 19.1 Å². The minimum atomic E-state index is -0.295. The Morgan fingerprint density at radius 1 is 1.12 bits per heavy atom. The molecule has 0 spiro atoms. The Kier molecular flexibility index (Phi) is 4.86. The quantitative estimate of drug-likeness (QED) is 0.729. The van der Waals surface area contributed by atoms with Crippen LogP contribution in [0.3, 0.4) is 0 Å². The number of aryl methyl sites for hydroxylation is 1. The number of nitrogens with zero attached hydrogens (tertiary/aromatic N) is 1. The second-order valence-corrected chi connectivity index (χ2v) is 6.23. The van der Waals surface area contributed by atoms with E-state index in [0.29, 0.717) is 22.2 Å². The van der Waals surface area contributed by atoms with Crippen molar-refractivity contribution in [2.24, 2.45) is 0 Å². The van der Waals surface area contributed by atoms with Crippen LogP contribution in [0.5, 0.6) is 0 Å². The number of nitrogens with one attached hydrogen (secondary N) is 2. The summed E-state index contributed by atoms with van der Waals surface area (Å²) in [6.45, 7) is 2.27. The fraction of sp³-hybridized carbons (Fsp3) is 0.111. The number of carbonyl (C=O) groups is 1. The molecule has 2 N–H and O–H groups in total. The summed E-state index contributed by atoms with van der Waals surface area (Å²) in [6.07, 6.45) is 0. The Morgan fingerprint density at radius 2 is 1.83 bits per heavy atom. The van der Waals surface area contributed by atoms with Gasteiger partial charge in [0.2, 0.25) is 0 Å². The summed E-state index contributed by atoms with van der Waals surface area (Å²) in [5, 5.41) is 6.58. The van der Waals surface area contributed by atoms with Gasteiger partial charge in [-0.15, -0.1) is 0 Å². The number of halogens is 1. The van der Waals surface area contributed by atoms with Crippen molar-refractivity contribution >= 4 is 28.1 Å². The van der Waals surface area contributed by atoms with Crippen LogP contribution >= 0.6 is 11.3 Å². The summed E-state index contributed by atoms with van der Waals surface area (Å²) < 4.78 is 12.9. The van der Waals surface area contributed by atoms with Crippen molar-refractivity contribution in [3.05, 3.63) is 76.5 Å². The van der Waals surface area contributed by atoms with E-state index >= 15 is 0 Å². The van der Waals surface area contributed by atoms with Gasteiger partial charge in [-0.25, -0.2) is 9.37 Å². The van der Waals surface area contributed by atoms with Gasteiger partial charge in [0.25, 0.3) is 5.91 Å². The Balaban J connectivity index is 1.66. The van der Waals surface area contributed by atoms with Gasteiger partial charge in [0.1, 0.15) is 10.7 Å². The number of thiazole rings is 1. The molecule has 0 unspecified atom stereocenters. The predicted molar refractivity (Wildman–Crippen MR) is 94.1 cm³/mol. The summed E-state index contributed by atoms with van der Waals surface area (Å²) in [7, 11) is 0. The van der Waals surface area contributed by atoms with Gasteiger partial charge in [0.05, 0.1) is 5.69 Å². The first-order valence-electron chi connectivity index (χ1n) is 7.44. The van der Waals surface area contributed by atoms with Gasteiger partial charge in [-0.1, -0.05) is 41.7 Å². The van der Waals surface area contributed by atoms with E-state index in [9.17, 15) is 9.18 Å². The van der Waals surface area contributed by atoms with Crippen LogP contribution in [0.15, 0.2) is 54.6 Å². The number of amides is 1. The van der Waals surface area contributed by atoms with Gasteiger partial charge in [-0.2, -0.15) is 0 Å². The molecule has 0 fully saturated rings. The summed E-state index contributed by atoms with van der Waals surface area (Å²) in [5.41, 5.74) is 2.43. The van der Waals surface area contributed by atoms with Crippen molar-refractivity contribution in [1.29, 1.82) is 0 Å². The topological polar surface area (TPSA) is 54.0 Å². The van der Waals surface area contributed by atoms with Crippen LogP contribution in [-0.4, -0.2) is 10.9 Å². The van der Waals surface area contributed by atoms with Crippen molar-refractivity contribution in [1.82, 2.24) is 10.3 Å². The third-order valence-electron chi connectivity index (χ3n) is 3.39. The molecular formula is C18H16FN3OS. The van der Waals surface area contributed by atoms with Gasteiger partial charge in [0.15, 0.2) is 5.13 Å². The molecule has 3 rings (SSSR count). The first kappa shape index (κ1) is 16.1. The van der Waals surface area contributed by atoms with Crippen LogP contribution in [0.2, 0.25) is 0 Å². The first-order chi connectivity index (χ1) is 11.6. The first-order valence-corrected chi connectivity index (χ1v) is 8.25. The third kappa shape index (κ3) is 3.97. The largest absolute Gasteiger partial charge is 0.347 e. The number of benzene rings is 2. The molecular weight excluding hydrogens is 325 g/mol. The highest BCUT2D eigenvalue weighted by Crippen LogP contribution is 2.25. The summed E-state index contributed by atoms with van der Waals surface area (Å²) in [5.74, 6) is -0.446. The molecule has 0 bridgehead atoms. The van der Waals surface area contributed by atoms with Crippen molar-refractivity contribution in [2.45, 2.75) is 13.5 Å². The van der Waals surface area contributed by atoms with E-state index in [1.165, 1.54) is 23.5 Å². The lowest BCUT2D eigenvalue weighted by Crippen LogP contribution is -2.22. The molecule has 1 amide bonds. The van der Waals surface area contributed by atoms with Gasteiger partial charge >= 0.3 is 0 Å². The summed E-state index contributed by atoms with van der Waals surface area (Å²) in [4.78, 5) is 17.3. The maximum Gasteiger partial charge on any atom is 0.263 e. The van der Waals surface area contributed by atoms with E-state index in [4.69, 9.17) is 0 Å². The molecule has 0 atom stereocenters. The zero-order valence-electron chi connectivity index (χ0n) is 13.0. The van der Waals surface area contributed by atoms with Crippen LogP contribution in [-0.2, 0) is 6.54 Å². The van der Waals surface area contributed by atoms with Gasteiger partial charge in [-0.05, 0) is 36.8 Å². The number of anilines is 2. The number of hydrogen-bond acceptors (Lipinski definition) is 4. The highest BCUT2D eigenvalue weighted by molar-refractivity contribution is 7.17. The predicted octanol–water partition coefficient (Wildman–Crippen LogP) is 4.26. The lowest BCUT2D eigenvalue weighted by Gasteiger charge is -2.04. The minimum Gasteiger partial charge on any atom is -0.347 e. The molecule has 1 aromatic heterocycles. The Bertz CT molecular complexity index is 831. The normalized spacial score (nSPS) is 10.4. The Morgan fingerprint density at radius 3 is 2.54 bits per heavy atom. The smallest absolute Gasteiger partial charge is 0.263 e. The molecule has 0 radical (unpaired) electrons. The van der Waals surface area contributed by atoms with Gasteiger partial charge in [0, 0.05) is 12.2 Å². The molecule has 3 aromatic rings. The van der Waals surface area contributed by atoms with Crippen LogP contribution in [0, 0.1) is 12.7 Å². The van der Waals surface area contributed by atoms with E-state index in [2.05, 4.69) is 15.6 Å². The summed E-state index contributed by atoms with van der Waals surface area (Å²) in [6, 6.07) is 15.7. The zero-order chi connectivity index (χ0) is 16.9. The number of aromatic nitrogens is 1. The van der Waals surface area contributed by atoms with Crippen molar-refractivity contribution < 1.29 is 9.18 Å². The molecule has 122 valence electrons. The highest BCUT2D eigenvalue weighted by Gasteiger charge is 2.15. The lowest BCUT2D eigenvalue weighted by atomic mass is 10.2. The SMILES string of the molecule is Cc1nc(Nc2ccc(F)cc2)sc1C(=O)NCc1ccccc1. The van der Waals surface area contributed by atoms with Crippen molar-refractivity contribution in [3.63, 3.8) is 0 Å². The molecule has 0 aliphatic rings. The maximum atomic E-state index is 12.9. The molecule has 0 saturated heterocycles. The van der Waals surface area contributed by atoms with E-state index in [1.807, 2.05) is 30.3 Å². The fourth-order valence-corrected chi connectivity index (χ4v) is 3.08. The third-order valence-corrected chi connectivity index (χ3v) is 4.47. The minimum absolute atomic E-state index is 0.152. The molecule has 0 saturated carbocycles. The van der Waals surface area contributed by atoms with Crippen molar-refractivity contribution in [2.75, 3.05) is 5.32 Å². The summed E-state index contributed by atoms with van der Waals surface area (Å²) >= 11 is 1.27. The number of carbonyl (C=O) groups excluding carboxylic acids is 1. The molecule has 0 aliphatic heterocycles. The lowest BCUT2D eigenvalue weighted by molar-refractivity contribution is 0.0954. The monoisotopic (exact) mass is 341 g/mol. The molecule has 2 aromatic carbocycles. The molecule has 24 heavy (non-hydrogen) atoms. The fourth-order valence-electron chi connectivity index (χ4n) is 2.18. The van der Waals surface area contributed by atoms with E-state index in [-0.39, 0.29) is 11.7 Å². The van der Waals surface area contributed by atoms with E-state index in [0.717, 1.165) is 11.3 Å². The number of hydrogen-bond donors (Lipinski definition) is 2. The van der Waals surface area contributed by atoms with Crippen LogP contribution in [0.4, 0.5) is 15.2 Å². The second kappa shape index (κ2) is 7.23. The van der Waals surface area contributed by atoms with Crippen LogP contribution in [0.25, 0.3) is 0 Å². The van der Waals surface area contributed by atoms with Crippen LogP contribution < -0.4 is 10.6 Å². The standard InChI is InChI=1S/C18H16FN3OS/c1-12-16(17(23)20-11-13-5-3-2-4-6-13)24-18(21-12)22-15-9-7-14(19)8-10-15/h2-10H,11H2,1H3,(H,20,23)(H,21,22). The Labute approximate surface area is 143 Å². The average molecular weight is 341 g/mol. The Hall–Kier alpha value is -2.73. The van der Waals surface area contributed by atoms with Crippen molar-refractivity contribution in [3.8, 4) is 0 Å². The zero-order valence-corrected chi connectivity index (χ0v) is 13.9. The second-order valence-electron chi connectivity index (χ2n) is 5.23. The van der Waals surface area contributed by atoms with E-state index < -0.39 is 0 Å². The molecule has 0 aliphatic carbocycles. The van der Waals surface area contributed by atoms with Gasteiger partial charge in [-0.3, -0.25) is 4.79 Å². The molecule has 1 heterocycles.